The number of amides is 6. The zero-order chi connectivity index (χ0) is 57.8. The van der Waals surface area contributed by atoms with Gasteiger partial charge >= 0.3 is 0 Å². The maximum absolute atomic E-state index is 12.7. The van der Waals surface area contributed by atoms with Crippen LogP contribution in [-0.2, 0) is 43.0 Å². The maximum atomic E-state index is 12.7. The first-order valence-corrected chi connectivity index (χ1v) is 26.3. The lowest BCUT2D eigenvalue weighted by Crippen LogP contribution is -2.53. The van der Waals surface area contributed by atoms with E-state index in [1.807, 2.05) is 39.8 Å². The lowest BCUT2D eigenvalue weighted by atomic mass is 10.0. The van der Waals surface area contributed by atoms with Gasteiger partial charge in [0.1, 0.15) is 61.8 Å². The van der Waals surface area contributed by atoms with Crippen LogP contribution in [0.3, 0.4) is 0 Å². The predicted molar refractivity (Wildman–Crippen MR) is 293 cm³/mol. The summed E-state index contributed by atoms with van der Waals surface area (Å²) in [6, 6.07) is 15.0. The molecule has 3 fully saturated rings. The zero-order valence-electron chi connectivity index (χ0n) is 46.1. The number of ketones is 3. The molecule has 21 heteroatoms. The Balaban J connectivity index is 0.000000253. The molecule has 6 amide bonds. The molecule has 0 saturated carbocycles. The van der Waals surface area contributed by atoms with Gasteiger partial charge in [0.15, 0.2) is 17.3 Å². The van der Waals surface area contributed by atoms with Crippen LogP contribution >= 0.6 is 0 Å². The molecule has 6 rings (SSSR count). The Morgan fingerprint density at radius 3 is 1.35 bits per heavy atom. The second-order valence-electron chi connectivity index (χ2n) is 20.6. The molecule has 9 atom stereocenters. The summed E-state index contributed by atoms with van der Waals surface area (Å²) < 4.78 is 15.7. The van der Waals surface area contributed by atoms with Crippen molar-refractivity contribution in [2.75, 3.05) is 37.4 Å². The Bertz CT molecular complexity index is 2590. The highest BCUT2D eigenvalue weighted by atomic mass is 16.5. The van der Waals surface area contributed by atoms with Gasteiger partial charge in [-0.2, -0.15) is 0 Å². The highest BCUT2D eigenvalue weighted by Gasteiger charge is 2.38. The molecule has 3 aromatic carbocycles. The van der Waals surface area contributed by atoms with Gasteiger partial charge in [0.25, 0.3) is 17.7 Å². The number of hydrogen-bond donors (Lipinski definition) is 9. The minimum atomic E-state index is -0.830. The van der Waals surface area contributed by atoms with E-state index in [0.717, 1.165) is 24.2 Å². The smallest absolute Gasteiger partial charge is 0.252 e. The normalized spacial score (nSPS) is 20.7. The van der Waals surface area contributed by atoms with Gasteiger partial charge < -0.3 is 62.3 Å². The van der Waals surface area contributed by atoms with E-state index in [-0.39, 0.29) is 84.7 Å². The second kappa shape index (κ2) is 30.5. The summed E-state index contributed by atoms with van der Waals surface area (Å²) in [5.74, 6) is -2.57. The third-order valence-electron chi connectivity index (χ3n) is 12.6. The van der Waals surface area contributed by atoms with Crippen LogP contribution in [0, 0.1) is 11.8 Å². The van der Waals surface area contributed by atoms with E-state index >= 15 is 0 Å². The molecule has 3 aliphatic heterocycles. The number of ether oxygens (including phenoxy) is 3. The summed E-state index contributed by atoms with van der Waals surface area (Å²) in [5, 5.41) is 29.0. The third kappa shape index (κ3) is 19.8. The van der Waals surface area contributed by atoms with E-state index in [0.29, 0.717) is 29.7 Å². The quantitative estimate of drug-likeness (QED) is 0.0539. The number of nitrogens with one attached hydrogen (secondary N) is 7. The number of hydrogen-bond acceptors (Lipinski definition) is 15. The first-order valence-electron chi connectivity index (χ1n) is 26.3. The van der Waals surface area contributed by atoms with Crippen LogP contribution in [0.15, 0.2) is 84.9 Å². The zero-order valence-corrected chi connectivity index (χ0v) is 46.1. The number of rotatable bonds is 21. The topological polar surface area (TPSA) is 312 Å². The number of carbonyl (C=O) groups is 9. The van der Waals surface area contributed by atoms with E-state index < -0.39 is 72.1 Å². The number of aromatic hydroxyl groups is 1. The number of phenols is 1. The van der Waals surface area contributed by atoms with E-state index in [2.05, 4.69) is 50.7 Å². The van der Waals surface area contributed by atoms with Gasteiger partial charge in [0, 0.05) is 34.6 Å². The minimum Gasteiger partial charge on any atom is -0.508 e. The van der Waals surface area contributed by atoms with Crippen molar-refractivity contribution in [1.82, 2.24) is 31.9 Å². The van der Waals surface area contributed by atoms with Crippen LogP contribution in [-0.4, -0.2) is 139 Å². The molecule has 0 unspecified atom stereocenters. The highest BCUT2D eigenvalue weighted by molar-refractivity contribution is 6.01. The van der Waals surface area contributed by atoms with Gasteiger partial charge in [0.2, 0.25) is 17.7 Å². The highest BCUT2D eigenvalue weighted by Crippen LogP contribution is 2.17. The van der Waals surface area contributed by atoms with Crippen molar-refractivity contribution in [2.45, 2.75) is 143 Å². The third-order valence-corrected chi connectivity index (χ3v) is 12.6. The first kappa shape index (κ1) is 63.0. The molecule has 21 nitrogen and oxygen atoms in total. The lowest BCUT2D eigenvalue weighted by molar-refractivity contribution is -0.127. The molecule has 0 bridgehead atoms. The molecule has 78 heavy (non-hydrogen) atoms. The van der Waals surface area contributed by atoms with Gasteiger partial charge in [-0.05, 0) is 132 Å². The number of Topliss-reactive ketones (excluding diaryl/α,β-unsaturated/α-hetero) is 3. The summed E-state index contributed by atoms with van der Waals surface area (Å²) in [6.45, 7) is 21.5. The van der Waals surface area contributed by atoms with Gasteiger partial charge in [0.05, 0.1) is 18.3 Å². The molecule has 0 aliphatic carbocycles. The van der Waals surface area contributed by atoms with Crippen molar-refractivity contribution in [3.8, 4) is 5.75 Å². The van der Waals surface area contributed by atoms with Crippen molar-refractivity contribution in [1.29, 1.82) is 0 Å². The fourth-order valence-electron chi connectivity index (χ4n) is 8.32. The van der Waals surface area contributed by atoms with Crippen LogP contribution in [0.1, 0.15) is 119 Å². The Labute approximate surface area is 456 Å². The molecule has 3 heterocycles. The number of nitrogens with two attached hydrogens (primary N) is 1. The number of benzene rings is 3. The molecular formula is C57H78N8O13. The Kier molecular flexibility index (Phi) is 24.6. The SMILES string of the molecule is C=C(C)C[C@H](NC(=O)c1ccc(N)cc1)C(=O)N[C@@H]1C(=O)CO[C@@H]1C.CC(C)C[C@H](NC(=O)c1cccc(O)c1)C(=O)N[C@@H]1C(=O)CO[C@@H]1C.CCCNc1ccc(C(=O)N[C@@H](CC(C)C)C(=O)N[C@@H]2C(=O)CO[C@@H]2C)cc1. The van der Waals surface area contributed by atoms with Crippen molar-refractivity contribution >= 4 is 64.2 Å². The predicted octanol–water partition coefficient (Wildman–Crippen LogP) is 3.94. The molecule has 3 aromatic rings. The second-order valence-corrected chi connectivity index (χ2v) is 20.6. The summed E-state index contributed by atoms with van der Waals surface area (Å²) in [7, 11) is 0. The van der Waals surface area contributed by atoms with Crippen LogP contribution in [0.4, 0.5) is 11.4 Å². The molecule has 0 aromatic heterocycles. The van der Waals surface area contributed by atoms with Gasteiger partial charge in [-0.3, -0.25) is 43.2 Å². The molecular weight excluding hydrogens is 1000 g/mol. The van der Waals surface area contributed by atoms with Gasteiger partial charge in [-0.15, -0.1) is 6.58 Å². The van der Waals surface area contributed by atoms with E-state index in [4.69, 9.17) is 19.9 Å². The molecule has 0 spiro atoms. The average molecular weight is 1080 g/mol. The lowest BCUT2D eigenvalue weighted by Gasteiger charge is -2.23. The van der Waals surface area contributed by atoms with Gasteiger partial charge in [-0.25, -0.2) is 0 Å². The van der Waals surface area contributed by atoms with Crippen LogP contribution in [0.5, 0.6) is 5.75 Å². The van der Waals surface area contributed by atoms with Crippen molar-refractivity contribution in [3.63, 3.8) is 0 Å². The van der Waals surface area contributed by atoms with Crippen LogP contribution in [0.25, 0.3) is 0 Å². The molecule has 3 aliphatic rings. The number of nitrogen functional groups attached to an aromatic ring is 1. The monoisotopic (exact) mass is 1080 g/mol. The Morgan fingerprint density at radius 2 is 0.987 bits per heavy atom. The van der Waals surface area contributed by atoms with Crippen LogP contribution in [0.2, 0.25) is 0 Å². The number of phenolic OH excluding ortho intramolecular Hbond substituents is 1. The maximum Gasteiger partial charge on any atom is 0.252 e. The fourth-order valence-corrected chi connectivity index (χ4v) is 8.32. The average Bonchev–Trinajstić information content (AvgIpc) is 4.02. The molecule has 3 saturated heterocycles. The summed E-state index contributed by atoms with van der Waals surface area (Å²) in [6.07, 6.45) is 1.03. The largest absolute Gasteiger partial charge is 0.508 e. The Morgan fingerprint density at radius 1 is 0.603 bits per heavy atom. The van der Waals surface area contributed by atoms with Gasteiger partial charge in [-0.1, -0.05) is 46.3 Å². The summed E-state index contributed by atoms with van der Waals surface area (Å²) >= 11 is 0. The van der Waals surface area contributed by atoms with Crippen molar-refractivity contribution in [3.05, 3.63) is 102 Å². The first-order chi connectivity index (χ1) is 36.9. The molecule has 10 N–H and O–H groups in total. The Hall–Kier alpha value is -7.49. The van der Waals surface area contributed by atoms with Crippen LogP contribution < -0.4 is 43.0 Å². The summed E-state index contributed by atoms with van der Waals surface area (Å²) in [5.41, 5.74) is 8.97. The number of carbonyl (C=O) groups excluding carboxylic acids is 9. The van der Waals surface area contributed by atoms with E-state index in [1.165, 1.54) is 12.1 Å². The minimum absolute atomic E-state index is 0.00569. The molecule has 0 radical (unpaired) electrons. The summed E-state index contributed by atoms with van der Waals surface area (Å²) in [4.78, 5) is 111. The van der Waals surface area contributed by atoms with Crippen molar-refractivity contribution in [2.24, 2.45) is 11.8 Å². The van der Waals surface area contributed by atoms with E-state index in [1.54, 1.807) is 76.2 Å². The van der Waals surface area contributed by atoms with Crippen molar-refractivity contribution < 1.29 is 62.5 Å². The fraction of sp³-hybridized carbons (Fsp3) is 0.491. The standard InChI is InChI=1S/C21H31N3O4.C18H23N3O4.C18H24N2O5/c1-5-10-22-16-8-6-15(7-9-16)20(26)23-17(11-13(2)3)21(27)24-19-14(4)28-12-18(19)25;1-10(2)8-14(18(24)21-16-11(3)25-9-15(16)22)20-17(23)12-4-6-13(19)7-5-12;1-10(2)7-14(18(24)20-16-11(3)25-9-15(16)22)19-17(23)12-5-4-6-13(21)8-12/h6-9,13-14,17,19,22H,5,10-12H2,1-4H3,(H,23,26)(H,24,27);4-7,11,14,16H,1,8-9,19H2,2-3H3,(H,20,23)(H,21,24);4-6,8,10-11,14,16,21H,7,9H2,1-3H3,(H,19,23)(H,20,24)/t14-,17+,19+;2*11-,14+,16+/m111/s1. The molecule has 424 valence electrons. The van der Waals surface area contributed by atoms with E-state index in [9.17, 15) is 48.3 Å². The number of anilines is 2.